The Morgan fingerprint density at radius 1 is 0.926 bits per heavy atom. The normalized spacial score (nSPS) is 11.4. The number of rotatable bonds is 16. The number of unbranched alkanes of at least 4 members (excludes halogenated alkanes) is 1. The maximum Gasteiger partial charge on any atom is 0.326 e. The fourth-order valence-electron chi connectivity index (χ4n) is 2.05. The summed E-state index contributed by atoms with van der Waals surface area (Å²) in [6, 6.07) is -1.71. The maximum atomic E-state index is 11.6. The van der Waals surface area contributed by atoms with E-state index < -0.39 is 24.0 Å². The van der Waals surface area contributed by atoms with Crippen LogP contribution in [0.4, 0.5) is 4.79 Å². The summed E-state index contributed by atoms with van der Waals surface area (Å²) in [5.74, 6) is -2.27. The van der Waals surface area contributed by atoms with Crippen LogP contribution >= 0.6 is 0 Å². The molecule has 0 radical (unpaired) electrons. The van der Waals surface area contributed by atoms with Gasteiger partial charge in [-0.1, -0.05) is 0 Å². The van der Waals surface area contributed by atoms with Gasteiger partial charge in [0.2, 0.25) is 5.91 Å². The minimum absolute atomic E-state index is 0.0759. The first-order valence-electron chi connectivity index (χ1n) is 8.90. The lowest BCUT2D eigenvalue weighted by molar-refractivity contribution is -0.139. The van der Waals surface area contributed by atoms with E-state index in [1.165, 1.54) is 0 Å². The fraction of sp³-hybridized carbons (Fsp3) is 0.750. The average Bonchev–Trinajstić information content (AvgIpc) is 2.60. The molecular formula is C16H30N4O7. The lowest BCUT2D eigenvalue weighted by atomic mass is 10.1. The fourth-order valence-corrected chi connectivity index (χ4v) is 2.05. The van der Waals surface area contributed by atoms with E-state index in [0.717, 1.165) is 0 Å². The molecular weight excluding hydrogens is 360 g/mol. The van der Waals surface area contributed by atoms with Crippen molar-refractivity contribution in [3.8, 4) is 0 Å². The second-order valence-corrected chi connectivity index (χ2v) is 5.79. The van der Waals surface area contributed by atoms with E-state index in [9.17, 15) is 19.2 Å². The van der Waals surface area contributed by atoms with Crippen molar-refractivity contribution in [3.63, 3.8) is 0 Å². The first-order chi connectivity index (χ1) is 12.9. The Bertz CT molecular complexity index is 474. The number of ether oxygens (including phenoxy) is 1. The van der Waals surface area contributed by atoms with Crippen LogP contribution in [-0.2, 0) is 19.1 Å². The third kappa shape index (κ3) is 15.6. The van der Waals surface area contributed by atoms with Crippen LogP contribution in [0.5, 0.6) is 0 Å². The van der Waals surface area contributed by atoms with E-state index in [0.29, 0.717) is 39.1 Å². The quantitative estimate of drug-likeness (QED) is 0.186. The zero-order chi connectivity index (χ0) is 20.5. The highest BCUT2D eigenvalue weighted by Gasteiger charge is 2.19. The monoisotopic (exact) mass is 390 g/mol. The lowest BCUT2D eigenvalue weighted by Crippen LogP contribution is -2.46. The van der Waals surface area contributed by atoms with Crippen molar-refractivity contribution in [2.24, 2.45) is 5.73 Å². The number of nitrogens with one attached hydrogen (secondary N) is 3. The summed E-state index contributed by atoms with van der Waals surface area (Å²) >= 11 is 0. The molecule has 0 bridgehead atoms. The molecule has 0 aliphatic rings. The number of carbonyl (C=O) groups is 4. The van der Waals surface area contributed by atoms with Gasteiger partial charge >= 0.3 is 18.0 Å². The molecule has 27 heavy (non-hydrogen) atoms. The predicted molar refractivity (Wildman–Crippen MR) is 96.2 cm³/mol. The third-order valence-corrected chi connectivity index (χ3v) is 3.43. The molecule has 1 atom stereocenters. The molecule has 0 saturated carbocycles. The molecule has 7 N–H and O–H groups in total. The summed E-state index contributed by atoms with van der Waals surface area (Å²) in [7, 11) is 0. The van der Waals surface area contributed by atoms with E-state index in [2.05, 4.69) is 16.0 Å². The minimum atomic E-state index is -1.16. The molecule has 11 heteroatoms. The Kier molecular flexibility index (Phi) is 14.4. The van der Waals surface area contributed by atoms with Crippen molar-refractivity contribution in [2.75, 3.05) is 32.8 Å². The number of hydrogen-bond donors (Lipinski definition) is 6. The van der Waals surface area contributed by atoms with Crippen LogP contribution in [0.3, 0.4) is 0 Å². The van der Waals surface area contributed by atoms with Gasteiger partial charge in [0.1, 0.15) is 6.04 Å². The zero-order valence-electron chi connectivity index (χ0n) is 15.4. The number of urea groups is 1. The Morgan fingerprint density at radius 3 is 2.26 bits per heavy atom. The van der Waals surface area contributed by atoms with Gasteiger partial charge in [0.25, 0.3) is 0 Å². The van der Waals surface area contributed by atoms with Crippen LogP contribution < -0.4 is 21.7 Å². The van der Waals surface area contributed by atoms with Crippen molar-refractivity contribution < 1.29 is 34.1 Å². The molecule has 3 amide bonds. The largest absolute Gasteiger partial charge is 0.481 e. The highest BCUT2D eigenvalue weighted by Crippen LogP contribution is 2.01. The van der Waals surface area contributed by atoms with Gasteiger partial charge in [0.15, 0.2) is 0 Å². The summed E-state index contributed by atoms with van der Waals surface area (Å²) in [5, 5.41) is 25.1. The van der Waals surface area contributed by atoms with Crippen molar-refractivity contribution in [1.29, 1.82) is 0 Å². The average molecular weight is 390 g/mol. The molecule has 0 aliphatic heterocycles. The number of carboxylic acid groups (broad SMARTS) is 2. The first-order valence-corrected chi connectivity index (χ1v) is 8.90. The van der Waals surface area contributed by atoms with Gasteiger partial charge in [-0.15, -0.1) is 0 Å². The second-order valence-electron chi connectivity index (χ2n) is 5.79. The van der Waals surface area contributed by atoms with Crippen LogP contribution in [0.15, 0.2) is 0 Å². The molecule has 0 saturated heterocycles. The number of aliphatic carboxylic acids is 2. The van der Waals surface area contributed by atoms with Crippen molar-refractivity contribution in [1.82, 2.24) is 16.0 Å². The van der Waals surface area contributed by atoms with Gasteiger partial charge in [0, 0.05) is 32.5 Å². The van der Waals surface area contributed by atoms with Crippen LogP contribution in [0.1, 0.15) is 38.5 Å². The van der Waals surface area contributed by atoms with Crippen molar-refractivity contribution >= 4 is 23.9 Å². The van der Waals surface area contributed by atoms with Crippen LogP contribution in [0, 0.1) is 0 Å². The summed E-state index contributed by atoms with van der Waals surface area (Å²) in [4.78, 5) is 44.7. The van der Waals surface area contributed by atoms with Crippen molar-refractivity contribution in [3.05, 3.63) is 0 Å². The molecule has 0 aromatic heterocycles. The number of nitrogens with two attached hydrogens (primary N) is 1. The van der Waals surface area contributed by atoms with Gasteiger partial charge in [-0.2, -0.15) is 0 Å². The highest BCUT2D eigenvalue weighted by atomic mass is 16.5. The molecule has 0 unspecified atom stereocenters. The van der Waals surface area contributed by atoms with Crippen LogP contribution in [0.25, 0.3) is 0 Å². The second kappa shape index (κ2) is 15.8. The Balaban J connectivity index is 3.86. The van der Waals surface area contributed by atoms with Gasteiger partial charge in [-0.05, 0) is 25.7 Å². The number of hydrogen-bond acceptors (Lipinski definition) is 6. The number of carboxylic acids is 2. The topological polar surface area (TPSA) is 180 Å². The summed E-state index contributed by atoms with van der Waals surface area (Å²) in [6.45, 7) is 1.66. The first kappa shape index (κ1) is 24.6. The van der Waals surface area contributed by atoms with Gasteiger partial charge in [0.05, 0.1) is 13.2 Å². The number of carbonyl (C=O) groups excluding carboxylic acids is 2. The highest BCUT2D eigenvalue weighted by molar-refractivity contribution is 5.82. The summed E-state index contributed by atoms with van der Waals surface area (Å²) in [5.41, 5.74) is 5.26. The third-order valence-electron chi connectivity index (χ3n) is 3.43. The molecule has 0 rings (SSSR count). The lowest BCUT2D eigenvalue weighted by Gasteiger charge is -2.15. The molecule has 156 valence electrons. The predicted octanol–water partition coefficient (Wildman–Crippen LogP) is -0.744. The molecule has 0 aromatic carbocycles. The van der Waals surface area contributed by atoms with E-state index in [1.54, 1.807) is 0 Å². The Morgan fingerprint density at radius 2 is 1.63 bits per heavy atom. The minimum Gasteiger partial charge on any atom is -0.481 e. The summed E-state index contributed by atoms with van der Waals surface area (Å²) in [6.07, 6.45) is 1.71. The van der Waals surface area contributed by atoms with Gasteiger partial charge in [-0.3, -0.25) is 9.59 Å². The Labute approximate surface area is 158 Å². The Hall–Kier alpha value is -2.40. The van der Waals surface area contributed by atoms with E-state index in [4.69, 9.17) is 20.7 Å². The molecule has 0 heterocycles. The molecule has 0 fully saturated rings. The van der Waals surface area contributed by atoms with Crippen molar-refractivity contribution in [2.45, 2.75) is 44.6 Å². The van der Waals surface area contributed by atoms with E-state index in [-0.39, 0.29) is 38.1 Å². The zero-order valence-corrected chi connectivity index (χ0v) is 15.4. The van der Waals surface area contributed by atoms with Crippen LogP contribution in [-0.4, -0.2) is 73.0 Å². The molecule has 0 spiro atoms. The van der Waals surface area contributed by atoms with E-state index in [1.807, 2.05) is 0 Å². The summed E-state index contributed by atoms with van der Waals surface area (Å²) < 4.78 is 5.10. The van der Waals surface area contributed by atoms with E-state index >= 15 is 0 Å². The van der Waals surface area contributed by atoms with Gasteiger partial charge in [-0.25, -0.2) is 9.59 Å². The molecule has 0 aromatic rings. The molecule has 0 aliphatic carbocycles. The number of amides is 3. The SMILES string of the molecule is NCCOCCC(=O)NCCCC[C@H](NC(=O)NCCCC(=O)O)C(=O)O. The standard InChI is InChI=1S/C16H30N4O7/c17-7-11-27-10-6-13(21)18-8-2-1-4-12(15(24)25)20-16(26)19-9-3-5-14(22)23/h12H,1-11,17H2,(H,18,21)(H,22,23)(H,24,25)(H2,19,20,26)/t12-/m0/s1. The maximum absolute atomic E-state index is 11.6. The van der Waals surface area contributed by atoms with Crippen LogP contribution in [0.2, 0.25) is 0 Å². The molecule has 11 nitrogen and oxygen atoms in total. The van der Waals surface area contributed by atoms with Gasteiger partial charge < -0.3 is 36.6 Å². The smallest absolute Gasteiger partial charge is 0.326 e.